The lowest BCUT2D eigenvalue weighted by Crippen LogP contribution is -2.32. The number of aryl methyl sites for hydroxylation is 1. The molecule has 0 saturated carbocycles. The summed E-state index contributed by atoms with van der Waals surface area (Å²) < 4.78 is 2.26. The molecular weight excluding hydrogens is 256 g/mol. The summed E-state index contributed by atoms with van der Waals surface area (Å²) in [5, 5.41) is 3.76. The van der Waals surface area contributed by atoms with Gasteiger partial charge in [-0.2, -0.15) is 0 Å². The fraction of sp³-hybridized carbons (Fsp3) is 0.474. The summed E-state index contributed by atoms with van der Waals surface area (Å²) in [6.45, 7) is 12.1. The molecule has 2 heteroatoms. The van der Waals surface area contributed by atoms with Crippen molar-refractivity contribution in [1.29, 1.82) is 0 Å². The molecular formula is C19H28N2. The molecule has 0 fully saturated rings. The monoisotopic (exact) mass is 284 g/mol. The van der Waals surface area contributed by atoms with E-state index in [-0.39, 0.29) is 5.41 Å². The fourth-order valence-electron chi connectivity index (χ4n) is 2.89. The third-order valence-electron chi connectivity index (χ3n) is 4.38. The van der Waals surface area contributed by atoms with E-state index < -0.39 is 0 Å². The van der Waals surface area contributed by atoms with Crippen molar-refractivity contribution < 1.29 is 0 Å². The average Bonchev–Trinajstić information content (AvgIpc) is 2.66. The molecule has 2 aromatic rings. The molecule has 0 saturated heterocycles. The molecule has 0 aliphatic rings. The van der Waals surface area contributed by atoms with Gasteiger partial charge < -0.3 is 9.88 Å². The molecule has 1 atom stereocenters. The summed E-state index contributed by atoms with van der Waals surface area (Å²) in [6.07, 6.45) is 0. The normalized spacial score (nSPS) is 13.4. The van der Waals surface area contributed by atoms with E-state index in [2.05, 4.69) is 87.9 Å². The van der Waals surface area contributed by atoms with Crippen molar-refractivity contribution in [2.24, 2.45) is 12.5 Å². The minimum atomic E-state index is 0.180. The number of nitrogens with zero attached hydrogens (tertiary/aromatic N) is 1. The first kappa shape index (κ1) is 15.8. The Morgan fingerprint density at radius 1 is 1.10 bits per heavy atom. The standard InChI is InChI=1S/C19H28N2/c1-14-12-17(15(2)21(14)6)13-20-18(19(3,4)5)16-10-8-7-9-11-16/h7-12,18,20H,13H2,1-6H3. The Labute approximate surface area is 129 Å². The molecule has 2 rings (SSSR count). The smallest absolute Gasteiger partial charge is 0.0372 e. The number of nitrogens with one attached hydrogen (secondary N) is 1. The lowest BCUT2D eigenvalue weighted by molar-refractivity contribution is 0.271. The molecule has 0 aliphatic carbocycles. The number of rotatable bonds is 4. The van der Waals surface area contributed by atoms with Gasteiger partial charge in [0.15, 0.2) is 0 Å². The molecule has 1 aromatic carbocycles. The van der Waals surface area contributed by atoms with Crippen molar-refractivity contribution in [1.82, 2.24) is 9.88 Å². The van der Waals surface area contributed by atoms with Crippen LogP contribution in [0, 0.1) is 19.3 Å². The average molecular weight is 284 g/mol. The van der Waals surface area contributed by atoms with Gasteiger partial charge in [0, 0.05) is 31.0 Å². The highest BCUT2D eigenvalue weighted by molar-refractivity contribution is 5.27. The third-order valence-corrected chi connectivity index (χ3v) is 4.38. The van der Waals surface area contributed by atoms with Gasteiger partial charge in [-0.1, -0.05) is 51.1 Å². The molecule has 2 nitrogen and oxygen atoms in total. The molecule has 21 heavy (non-hydrogen) atoms. The largest absolute Gasteiger partial charge is 0.352 e. The Balaban J connectivity index is 2.19. The van der Waals surface area contributed by atoms with Crippen molar-refractivity contribution in [2.45, 2.75) is 47.2 Å². The molecule has 1 aromatic heterocycles. The highest BCUT2D eigenvalue weighted by Crippen LogP contribution is 2.33. The fourth-order valence-corrected chi connectivity index (χ4v) is 2.89. The number of hydrogen-bond donors (Lipinski definition) is 1. The van der Waals surface area contributed by atoms with Gasteiger partial charge in [-0.3, -0.25) is 0 Å². The Hall–Kier alpha value is -1.54. The summed E-state index contributed by atoms with van der Waals surface area (Å²) in [7, 11) is 2.13. The molecule has 0 spiro atoms. The number of aromatic nitrogens is 1. The second kappa shape index (κ2) is 6.07. The van der Waals surface area contributed by atoms with Crippen LogP contribution < -0.4 is 5.32 Å². The summed E-state index contributed by atoms with van der Waals surface area (Å²) in [6, 6.07) is 13.4. The predicted octanol–water partition coefficient (Wildman–Crippen LogP) is 4.52. The topological polar surface area (TPSA) is 17.0 Å². The minimum Gasteiger partial charge on any atom is -0.352 e. The van der Waals surface area contributed by atoms with Gasteiger partial charge in [-0.05, 0) is 36.5 Å². The van der Waals surface area contributed by atoms with Crippen molar-refractivity contribution in [3.05, 3.63) is 58.9 Å². The van der Waals surface area contributed by atoms with Crippen LogP contribution in [0.2, 0.25) is 0 Å². The second-order valence-corrected chi connectivity index (χ2v) is 7.05. The first-order valence-corrected chi connectivity index (χ1v) is 7.71. The first-order valence-electron chi connectivity index (χ1n) is 7.71. The molecule has 0 aliphatic heterocycles. The van der Waals surface area contributed by atoms with Crippen LogP contribution in [0.25, 0.3) is 0 Å². The van der Waals surface area contributed by atoms with Crippen LogP contribution in [0.3, 0.4) is 0 Å². The van der Waals surface area contributed by atoms with E-state index in [1.165, 1.54) is 22.5 Å². The summed E-state index contributed by atoms with van der Waals surface area (Å²) in [5.74, 6) is 0. The van der Waals surface area contributed by atoms with Crippen molar-refractivity contribution in [2.75, 3.05) is 0 Å². The van der Waals surface area contributed by atoms with Crippen molar-refractivity contribution >= 4 is 0 Å². The highest BCUT2D eigenvalue weighted by Gasteiger charge is 2.25. The zero-order valence-electron chi connectivity index (χ0n) is 14.2. The Morgan fingerprint density at radius 3 is 2.19 bits per heavy atom. The maximum Gasteiger partial charge on any atom is 0.0372 e. The molecule has 0 bridgehead atoms. The maximum atomic E-state index is 3.76. The molecule has 1 N–H and O–H groups in total. The quantitative estimate of drug-likeness (QED) is 0.873. The van der Waals surface area contributed by atoms with E-state index in [0.717, 1.165) is 6.54 Å². The second-order valence-electron chi connectivity index (χ2n) is 7.05. The Morgan fingerprint density at radius 2 is 1.71 bits per heavy atom. The van der Waals surface area contributed by atoms with Gasteiger partial charge in [0.05, 0.1) is 0 Å². The van der Waals surface area contributed by atoms with Crippen LogP contribution in [0.5, 0.6) is 0 Å². The molecule has 0 amide bonds. The van der Waals surface area contributed by atoms with Gasteiger partial charge in [0.2, 0.25) is 0 Å². The van der Waals surface area contributed by atoms with Crippen molar-refractivity contribution in [3.63, 3.8) is 0 Å². The van der Waals surface area contributed by atoms with E-state index in [4.69, 9.17) is 0 Å². The maximum absolute atomic E-state index is 3.76. The van der Waals surface area contributed by atoms with Gasteiger partial charge in [-0.15, -0.1) is 0 Å². The van der Waals surface area contributed by atoms with Crippen LogP contribution in [-0.2, 0) is 13.6 Å². The van der Waals surface area contributed by atoms with E-state index in [1.807, 2.05) is 0 Å². The number of benzene rings is 1. The Kier molecular flexibility index (Phi) is 4.58. The highest BCUT2D eigenvalue weighted by atomic mass is 15.0. The number of hydrogen-bond acceptors (Lipinski definition) is 1. The van der Waals surface area contributed by atoms with Gasteiger partial charge in [-0.25, -0.2) is 0 Å². The summed E-state index contributed by atoms with van der Waals surface area (Å²) in [4.78, 5) is 0. The SMILES string of the molecule is Cc1cc(CNC(c2ccccc2)C(C)(C)C)c(C)n1C. The van der Waals surface area contributed by atoms with Crippen LogP contribution in [0.1, 0.15) is 49.3 Å². The van der Waals surface area contributed by atoms with Gasteiger partial charge in [0.25, 0.3) is 0 Å². The lowest BCUT2D eigenvalue weighted by Gasteiger charge is -2.32. The lowest BCUT2D eigenvalue weighted by atomic mass is 9.82. The van der Waals surface area contributed by atoms with Crippen LogP contribution in [-0.4, -0.2) is 4.57 Å². The third kappa shape index (κ3) is 3.56. The van der Waals surface area contributed by atoms with Crippen LogP contribution >= 0.6 is 0 Å². The van der Waals surface area contributed by atoms with Gasteiger partial charge >= 0.3 is 0 Å². The molecule has 1 heterocycles. The molecule has 1 unspecified atom stereocenters. The van der Waals surface area contributed by atoms with Crippen LogP contribution in [0.15, 0.2) is 36.4 Å². The molecule has 114 valence electrons. The minimum absolute atomic E-state index is 0.180. The van der Waals surface area contributed by atoms with Crippen LogP contribution in [0.4, 0.5) is 0 Å². The predicted molar refractivity (Wildman–Crippen MR) is 90.4 cm³/mol. The Bertz CT molecular complexity index is 588. The first-order chi connectivity index (χ1) is 9.80. The summed E-state index contributed by atoms with van der Waals surface area (Å²) in [5.41, 5.74) is 5.59. The van der Waals surface area contributed by atoms with Crippen molar-refractivity contribution in [3.8, 4) is 0 Å². The van der Waals surface area contributed by atoms with E-state index >= 15 is 0 Å². The summed E-state index contributed by atoms with van der Waals surface area (Å²) >= 11 is 0. The van der Waals surface area contributed by atoms with Gasteiger partial charge in [0.1, 0.15) is 0 Å². The zero-order valence-corrected chi connectivity index (χ0v) is 14.2. The van der Waals surface area contributed by atoms with E-state index in [9.17, 15) is 0 Å². The molecule has 0 radical (unpaired) electrons. The van der Waals surface area contributed by atoms with E-state index in [1.54, 1.807) is 0 Å². The van der Waals surface area contributed by atoms with E-state index in [0.29, 0.717) is 6.04 Å². The zero-order chi connectivity index (χ0) is 15.6.